The molecule has 100 valence electrons. The van der Waals surface area contributed by atoms with Crippen molar-refractivity contribution < 1.29 is 4.74 Å². The van der Waals surface area contributed by atoms with E-state index in [-0.39, 0.29) is 0 Å². The third-order valence-corrected chi connectivity index (χ3v) is 3.76. The third-order valence-electron chi connectivity index (χ3n) is 3.53. The van der Waals surface area contributed by atoms with Crippen LogP contribution in [0.5, 0.6) is 5.75 Å². The number of nitrogens with one attached hydrogen (secondary N) is 1. The Bertz CT molecular complexity index is 391. The van der Waals surface area contributed by atoms with E-state index in [4.69, 9.17) is 16.3 Å². The Morgan fingerprint density at radius 1 is 1.39 bits per heavy atom. The van der Waals surface area contributed by atoms with E-state index in [2.05, 4.69) is 17.1 Å². The summed E-state index contributed by atoms with van der Waals surface area (Å²) in [6.07, 6.45) is 1.07. The van der Waals surface area contributed by atoms with Crippen LogP contribution in [0.15, 0.2) is 18.2 Å². The molecule has 0 saturated carbocycles. The van der Waals surface area contributed by atoms with Gasteiger partial charge in [-0.3, -0.25) is 4.90 Å². The van der Waals surface area contributed by atoms with E-state index >= 15 is 0 Å². The van der Waals surface area contributed by atoms with E-state index in [1.165, 1.54) is 5.56 Å². The fourth-order valence-corrected chi connectivity index (χ4v) is 2.81. The van der Waals surface area contributed by atoms with Gasteiger partial charge in [0.25, 0.3) is 0 Å². The zero-order valence-corrected chi connectivity index (χ0v) is 11.8. The van der Waals surface area contributed by atoms with Crippen LogP contribution in [0.3, 0.4) is 0 Å². The van der Waals surface area contributed by atoms with E-state index in [0.29, 0.717) is 6.04 Å². The van der Waals surface area contributed by atoms with Gasteiger partial charge in [-0.2, -0.15) is 0 Å². The van der Waals surface area contributed by atoms with E-state index in [9.17, 15) is 0 Å². The van der Waals surface area contributed by atoms with Crippen molar-refractivity contribution in [3.05, 3.63) is 28.8 Å². The van der Waals surface area contributed by atoms with Gasteiger partial charge in [0.15, 0.2) is 0 Å². The molecule has 1 aliphatic heterocycles. The molecule has 4 heteroatoms. The smallest absolute Gasteiger partial charge is 0.123 e. The lowest BCUT2D eigenvalue weighted by Gasteiger charge is -2.35. The minimum Gasteiger partial charge on any atom is -0.496 e. The maximum atomic E-state index is 6.13. The average molecular weight is 269 g/mol. The number of hydrogen-bond acceptors (Lipinski definition) is 3. The first-order chi connectivity index (χ1) is 8.76. The first-order valence-electron chi connectivity index (χ1n) is 6.54. The summed E-state index contributed by atoms with van der Waals surface area (Å²) in [5.41, 5.74) is 1.20. The molecule has 1 aliphatic rings. The molecule has 1 N–H and O–H groups in total. The van der Waals surface area contributed by atoms with Crippen molar-refractivity contribution in [2.45, 2.75) is 19.4 Å². The zero-order valence-electron chi connectivity index (χ0n) is 11.1. The van der Waals surface area contributed by atoms with Crippen molar-refractivity contribution in [2.24, 2.45) is 0 Å². The largest absolute Gasteiger partial charge is 0.496 e. The second-order valence-corrected chi connectivity index (χ2v) is 5.03. The predicted octanol–water partition coefficient (Wildman–Crippen LogP) is 2.70. The van der Waals surface area contributed by atoms with Gasteiger partial charge in [0, 0.05) is 42.8 Å². The molecular formula is C14H21ClN2O. The molecule has 18 heavy (non-hydrogen) atoms. The first kappa shape index (κ1) is 13.7. The number of benzene rings is 1. The molecule has 1 heterocycles. The summed E-state index contributed by atoms with van der Waals surface area (Å²) in [5, 5.41) is 4.16. The number of hydrogen-bond donors (Lipinski definition) is 1. The Labute approximate surface area is 114 Å². The van der Waals surface area contributed by atoms with Crippen LogP contribution < -0.4 is 10.1 Å². The number of halogens is 1. The summed E-state index contributed by atoms with van der Waals surface area (Å²) >= 11 is 6.13. The van der Waals surface area contributed by atoms with Crippen LogP contribution in [-0.4, -0.2) is 38.2 Å². The van der Waals surface area contributed by atoms with Gasteiger partial charge < -0.3 is 10.1 Å². The van der Waals surface area contributed by atoms with Gasteiger partial charge in [-0.1, -0.05) is 18.5 Å². The molecule has 0 aliphatic carbocycles. The lowest BCUT2D eigenvalue weighted by Crippen LogP contribution is -2.45. The molecule has 2 rings (SSSR count). The van der Waals surface area contributed by atoms with Crippen LogP contribution in [0, 0.1) is 0 Å². The van der Waals surface area contributed by atoms with Gasteiger partial charge >= 0.3 is 0 Å². The standard InChI is InChI=1S/C14H21ClN2O/c1-3-13(17-8-6-16-7-9-17)12-10-11(15)4-5-14(12)18-2/h4-5,10,13,16H,3,6-9H2,1-2H3. The molecule has 0 amide bonds. The minimum absolute atomic E-state index is 0.390. The summed E-state index contributed by atoms with van der Waals surface area (Å²) in [7, 11) is 1.72. The van der Waals surface area contributed by atoms with Crippen LogP contribution in [0.2, 0.25) is 5.02 Å². The summed E-state index contributed by atoms with van der Waals surface area (Å²) in [6, 6.07) is 6.27. The highest BCUT2D eigenvalue weighted by Crippen LogP contribution is 2.33. The highest BCUT2D eigenvalue weighted by molar-refractivity contribution is 6.30. The van der Waals surface area contributed by atoms with Gasteiger partial charge in [-0.25, -0.2) is 0 Å². The Morgan fingerprint density at radius 2 is 2.11 bits per heavy atom. The lowest BCUT2D eigenvalue weighted by molar-refractivity contribution is 0.166. The van der Waals surface area contributed by atoms with Crippen LogP contribution in [0.4, 0.5) is 0 Å². The molecule has 0 radical (unpaired) electrons. The van der Waals surface area contributed by atoms with E-state index in [1.54, 1.807) is 7.11 Å². The van der Waals surface area contributed by atoms with E-state index in [1.807, 2.05) is 18.2 Å². The molecule has 0 spiro atoms. The Hall–Kier alpha value is -0.770. The van der Waals surface area contributed by atoms with Crippen LogP contribution >= 0.6 is 11.6 Å². The lowest BCUT2D eigenvalue weighted by atomic mass is 10.0. The molecule has 1 unspecified atom stereocenters. The van der Waals surface area contributed by atoms with Crippen molar-refractivity contribution in [3.8, 4) is 5.75 Å². The molecule has 0 aromatic heterocycles. The monoisotopic (exact) mass is 268 g/mol. The Kier molecular flexibility index (Phi) is 4.87. The summed E-state index contributed by atoms with van der Waals surface area (Å²) in [4.78, 5) is 2.50. The maximum absolute atomic E-state index is 6.13. The summed E-state index contributed by atoms with van der Waals surface area (Å²) < 4.78 is 5.47. The fourth-order valence-electron chi connectivity index (χ4n) is 2.63. The molecule has 3 nitrogen and oxygen atoms in total. The van der Waals surface area contributed by atoms with Crippen molar-refractivity contribution >= 4 is 11.6 Å². The van der Waals surface area contributed by atoms with Gasteiger partial charge in [0.2, 0.25) is 0 Å². The van der Waals surface area contributed by atoms with E-state index in [0.717, 1.165) is 43.4 Å². The van der Waals surface area contributed by atoms with Crippen molar-refractivity contribution in [1.82, 2.24) is 10.2 Å². The SMILES string of the molecule is CCC(c1cc(Cl)ccc1OC)N1CCNCC1. The van der Waals surface area contributed by atoms with Crippen LogP contribution in [0.25, 0.3) is 0 Å². The van der Waals surface area contributed by atoms with Crippen molar-refractivity contribution in [1.29, 1.82) is 0 Å². The third kappa shape index (κ3) is 2.97. The normalized spacial score (nSPS) is 18.6. The van der Waals surface area contributed by atoms with Gasteiger partial charge in [0.1, 0.15) is 5.75 Å². The topological polar surface area (TPSA) is 24.5 Å². The zero-order chi connectivity index (χ0) is 13.0. The number of nitrogens with zero attached hydrogens (tertiary/aromatic N) is 1. The summed E-state index contributed by atoms with van der Waals surface area (Å²) in [6.45, 7) is 6.48. The van der Waals surface area contributed by atoms with E-state index < -0.39 is 0 Å². The van der Waals surface area contributed by atoms with Crippen LogP contribution in [0.1, 0.15) is 24.9 Å². The average Bonchev–Trinajstić information content (AvgIpc) is 2.41. The number of piperazine rings is 1. The Balaban J connectivity index is 2.27. The van der Waals surface area contributed by atoms with Crippen molar-refractivity contribution in [3.63, 3.8) is 0 Å². The van der Waals surface area contributed by atoms with Crippen LogP contribution in [-0.2, 0) is 0 Å². The molecule has 1 atom stereocenters. The predicted molar refractivity (Wildman–Crippen MR) is 75.5 cm³/mol. The second kappa shape index (κ2) is 6.41. The summed E-state index contributed by atoms with van der Waals surface area (Å²) in [5.74, 6) is 0.935. The Morgan fingerprint density at radius 3 is 2.72 bits per heavy atom. The molecule has 0 bridgehead atoms. The quantitative estimate of drug-likeness (QED) is 0.909. The molecular weight excluding hydrogens is 248 g/mol. The number of rotatable bonds is 4. The maximum Gasteiger partial charge on any atom is 0.123 e. The molecule has 1 aromatic rings. The first-order valence-corrected chi connectivity index (χ1v) is 6.92. The fraction of sp³-hybridized carbons (Fsp3) is 0.571. The number of methoxy groups -OCH3 is 1. The minimum atomic E-state index is 0.390. The highest BCUT2D eigenvalue weighted by Gasteiger charge is 2.23. The van der Waals surface area contributed by atoms with Gasteiger partial charge in [0.05, 0.1) is 7.11 Å². The van der Waals surface area contributed by atoms with Crippen molar-refractivity contribution in [2.75, 3.05) is 33.3 Å². The van der Waals surface area contributed by atoms with Gasteiger partial charge in [-0.05, 0) is 24.6 Å². The number of ether oxygens (including phenoxy) is 1. The van der Waals surface area contributed by atoms with Gasteiger partial charge in [-0.15, -0.1) is 0 Å². The molecule has 1 aromatic carbocycles. The highest BCUT2D eigenvalue weighted by atomic mass is 35.5. The second-order valence-electron chi connectivity index (χ2n) is 4.60. The molecule has 1 saturated heterocycles. The molecule has 1 fully saturated rings.